The van der Waals surface area contributed by atoms with Crippen molar-refractivity contribution in [2.75, 3.05) is 0 Å². The van der Waals surface area contributed by atoms with E-state index in [9.17, 15) is 0 Å². The van der Waals surface area contributed by atoms with Crippen molar-refractivity contribution in [1.82, 2.24) is 0 Å². The Morgan fingerprint density at radius 3 is 2.44 bits per heavy atom. The predicted octanol–water partition coefficient (Wildman–Crippen LogP) is 3.00. The van der Waals surface area contributed by atoms with E-state index in [1.165, 1.54) is 12.8 Å². The van der Waals surface area contributed by atoms with Gasteiger partial charge in [0.2, 0.25) is 0 Å². The molecule has 0 amide bonds. The molecular weight excluding hydrogens is 108 g/mol. The molecule has 1 aliphatic rings. The number of rotatable bonds is 0. The SMILES string of the molecule is CC1C=CCCC1(C)C. The van der Waals surface area contributed by atoms with E-state index >= 15 is 0 Å². The fraction of sp³-hybridized carbons (Fsp3) is 0.778. The van der Waals surface area contributed by atoms with Crippen LogP contribution < -0.4 is 0 Å². The molecule has 0 fully saturated rings. The average molecular weight is 124 g/mol. The molecule has 0 nitrogen and oxygen atoms in total. The largest absolute Gasteiger partial charge is 0.0882 e. The lowest BCUT2D eigenvalue weighted by Crippen LogP contribution is -2.21. The first kappa shape index (κ1) is 6.85. The van der Waals surface area contributed by atoms with Crippen LogP contribution in [0.15, 0.2) is 12.2 Å². The van der Waals surface area contributed by atoms with Gasteiger partial charge in [0.25, 0.3) is 0 Å². The van der Waals surface area contributed by atoms with Gasteiger partial charge >= 0.3 is 0 Å². The van der Waals surface area contributed by atoms with Crippen LogP contribution in [-0.4, -0.2) is 0 Å². The molecule has 0 bridgehead atoms. The van der Waals surface area contributed by atoms with Gasteiger partial charge in [-0.05, 0) is 24.2 Å². The van der Waals surface area contributed by atoms with Crippen molar-refractivity contribution in [3.8, 4) is 0 Å². The van der Waals surface area contributed by atoms with Crippen LogP contribution in [-0.2, 0) is 0 Å². The zero-order chi connectivity index (χ0) is 6.91. The Morgan fingerprint density at radius 2 is 2.11 bits per heavy atom. The van der Waals surface area contributed by atoms with Crippen molar-refractivity contribution in [3.63, 3.8) is 0 Å². The van der Waals surface area contributed by atoms with Crippen molar-refractivity contribution in [2.24, 2.45) is 11.3 Å². The third-order valence-electron chi connectivity index (χ3n) is 2.61. The molecular formula is C9H16. The first-order chi connectivity index (χ1) is 4.13. The zero-order valence-electron chi connectivity index (χ0n) is 6.65. The van der Waals surface area contributed by atoms with E-state index in [1.54, 1.807) is 0 Å². The molecule has 0 saturated heterocycles. The topological polar surface area (TPSA) is 0 Å². The fourth-order valence-corrected chi connectivity index (χ4v) is 1.24. The summed E-state index contributed by atoms with van der Waals surface area (Å²) < 4.78 is 0. The van der Waals surface area contributed by atoms with Gasteiger partial charge in [-0.1, -0.05) is 32.9 Å². The van der Waals surface area contributed by atoms with Crippen LogP contribution in [0.1, 0.15) is 33.6 Å². The van der Waals surface area contributed by atoms with Crippen LogP contribution in [0.2, 0.25) is 0 Å². The van der Waals surface area contributed by atoms with Crippen LogP contribution in [0.25, 0.3) is 0 Å². The van der Waals surface area contributed by atoms with Crippen molar-refractivity contribution in [3.05, 3.63) is 12.2 Å². The quantitative estimate of drug-likeness (QED) is 0.435. The monoisotopic (exact) mass is 124 g/mol. The van der Waals surface area contributed by atoms with E-state index in [0.29, 0.717) is 5.41 Å². The molecule has 0 saturated carbocycles. The molecule has 0 N–H and O–H groups in total. The zero-order valence-corrected chi connectivity index (χ0v) is 6.65. The maximum absolute atomic E-state index is 2.35. The summed E-state index contributed by atoms with van der Waals surface area (Å²) in [6, 6.07) is 0. The molecule has 0 aliphatic heterocycles. The molecule has 52 valence electrons. The minimum atomic E-state index is 0.550. The van der Waals surface area contributed by atoms with Gasteiger partial charge in [0.05, 0.1) is 0 Å². The molecule has 1 unspecified atom stereocenters. The molecule has 1 rings (SSSR count). The van der Waals surface area contributed by atoms with Crippen molar-refractivity contribution >= 4 is 0 Å². The maximum atomic E-state index is 2.35. The highest BCUT2D eigenvalue weighted by atomic mass is 14.3. The average Bonchev–Trinajstić information content (AvgIpc) is 1.77. The second kappa shape index (κ2) is 2.17. The Morgan fingerprint density at radius 1 is 1.44 bits per heavy atom. The molecule has 1 aliphatic carbocycles. The number of allylic oxidation sites excluding steroid dienone is 2. The fourth-order valence-electron chi connectivity index (χ4n) is 1.24. The Hall–Kier alpha value is -0.260. The second-order valence-corrected chi connectivity index (χ2v) is 3.74. The Kier molecular flexibility index (Phi) is 1.65. The molecule has 0 aromatic heterocycles. The van der Waals surface area contributed by atoms with E-state index in [2.05, 4.69) is 32.9 Å². The van der Waals surface area contributed by atoms with Crippen molar-refractivity contribution in [1.29, 1.82) is 0 Å². The second-order valence-electron chi connectivity index (χ2n) is 3.74. The van der Waals surface area contributed by atoms with E-state index in [0.717, 1.165) is 5.92 Å². The summed E-state index contributed by atoms with van der Waals surface area (Å²) in [6.07, 6.45) is 7.27. The van der Waals surface area contributed by atoms with Crippen LogP contribution >= 0.6 is 0 Å². The number of hydrogen-bond donors (Lipinski definition) is 0. The third kappa shape index (κ3) is 1.35. The summed E-state index contributed by atoms with van der Waals surface area (Å²) in [5, 5.41) is 0. The lowest BCUT2D eigenvalue weighted by molar-refractivity contribution is 0.244. The lowest BCUT2D eigenvalue weighted by atomic mass is 9.73. The smallest absolute Gasteiger partial charge is 0.0210 e. The molecule has 0 spiro atoms. The molecule has 0 radical (unpaired) electrons. The van der Waals surface area contributed by atoms with Gasteiger partial charge in [-0.25, -0.2) is 0 Å². The van der Waals surface area contributed by atoms with Crippen molar-refractivity contribution < 1.29 is 0 Å². The van der Waals surface area contributed by atoms with Gasteiger partial charge in [-0.3, -0.25) is 0 Å². The standard InChI is InChI=1S/C9H16/c1-8-6-4-5-7-9(8,2)3/h4,6,8H,5,7H2,1-3H3. The number of hydrogen-bond acceptors (Lipinski definition) is 0. The highest BCUT2D eigenvalue weighted by Gasteiger charge is 2.24. The van der Waals surface area contributed by atoms with E-state index < -0.39 is 0 Å². The molecule has 0 heteroatoms. The lowest BCUT2D eigenvalue weighted by Gasteiger charge is -2.32. The maximum Gasteiger partial charge on any atom is -0.0210 e. The van der Waals surface area contributed by atoms with Gasteiger partial charge < -0.3 is 0 Å². The van der Waals surface area contributed by atoms with E-state index in [1.807, 2.05) is 0 Å². The summed E-state index contributed by atoms with van der Waals surface area (Å²) in [6.45, 7) is 7.00. The normalized spacial score (nSPS) is 32.6. The first-order valence-corrected chi connectivity index (χ1v) is 3.79. The summed E-state index contributed by atoms with van der Waals surface area (Å²) >= 11 is 0. The predicted molar refractivity (Wildman–Crippen MR) is 41.3 cm³/mol. The summed E-state index contributed by atoms with van der Waals surface area (Å²) in [7, 11) is 0. The molecule has 1 atom stereocenters. The minimum Gasteiger partial charge on any atom is -0.0882 e. The highest BCUT2D eigenvalue weighted by molar-refractivity contribution is 4.98. The Bertz CT molecular complexity index is 120. The highest BCUT2D eigenvalue weighted by Crippen LogP contribution is 2.35. The molecule has 0 heterocycles. The van der Waals surface area contributed by atoms with E-state index in [-0.39, 0.29) is 0 Å². The Balaban J connectivity index is 2.66. The van der Waals surface area contributed by atoms with E-state index in [4.69, 9.17) is 0 Å². The summed E-state index contributed by atoms with van der Waals surface area (Å²) in [5.41, 5.74) is 0.550. The minimum absolute atomic E-state index is 0.550. The Labute approximate surface area is 58.0 Å². The first-order valence-electron chi connectivity index (χ1n) is 3.79. The van der Waals surface area contributed by atoms with Gasteiger partial charge in [0.1, 0.15) is 0 Å². The van der Waals surface area contributed by atoms with Crippen molar-refractivity contribution in [2.45, 2.75) is 33.6 Å². The summed E-state index contributed by atoms with van der Waals surface area (Å²) in [4.78, 5) is 0. The van der Waals surface area contributed by atoms with Crippen LogP contribution in [0.5, 0.6) is 0 Å². The molecule has 9 heavy (non-hydrogen) atoms. The van der Waals surface area contributed by atoms with Crippen LogP contribution in [0.4, 0.5) is 0 Å². The third-order valence-corrected chi connectivity index (χ3v) is 2.61. The van der Waals surface area contributed by atoms with Gasteiger partial charge in [0.15, 0.2) is 0 Å². The van der Waals surface area contributed by atoms with Crippen LogP contribution in [0, 0.1) is 11.3 Å². The van der Waals surface area contributed by atoms with Crippen LogP contribution in [0.3, 0.4) is 0 Å². The van der Waals surface area contributed by atoms with Gasteiger partial charge in [0, 0.05) is 0 Å². The molecule has 0 aromatic rings. The van der Waals surface area contributed by atoms with Gasteiger partial charge in [-0.15, -0.1) is 0 Å². The molecule has 0 aromatic carbocycles. The summed E-state index contributed by atoms with van der Waals surface area (Å²) in [5.74, 6) is 0.770. The van der Waals surface area contributed by atoms with Gasteiger partial charge in [-0.2, -0.15) is 0 Å².